The van der Waals surface area contributed by atoms with Gasteiger partial charge in [-0.1, -0.05) is 25.6 Å². The van der Waals surface area contributed by atoms with Crippen molar-refractivity contribution in [3.8, 4) is 17.2 Å². The Morgan fingerprint density at radius 2 is 1.96 bits per heavy atom. The van der Waals surface area contributed by atoms with E-state index in [4.69, 9.17) is 4.74 Å². The molecular formula is C17H24FNO3Si. The van der Waals surface area contributed by atoms with Crippen LogP contribution in [0.1, 0.15) is 32.4 Å². The molecule has 2 N–H and O–H groups in total. The van der Waals surface area contributed by atoms with Crippen LogP contribution >= 0.6 is 0 Å². The van der Waals surface area contributed by atoms with Crippen LogP contribution in [0.5, 0.6) is 5.75 Å². The Balaban J connectivity index is 3.14. The highest BCUT2D eigenvalue weighted by atomic mass is 28.3. The van der Waals surface area contributed by atoms with Gasteiger partial charge in [-0.05, 0) is 39.0 Å². The third kappa shape index (κ3) is 7.20. The number of alkyl carbamates (subject to hydrolysis) is 1. The zero-order chi connectivity index (χ0) is 17.8. The summed E-state index contributed by atoms with van der Waals surface area (Å²) in [5.74, 6) is 2.30. The molecule has 0 aliphatic carbocycles. The standard InChI is InChI=1S/C17H24FNO3Si/c1-17(2,3)22-16(21)19-14(9-10-23(4,5)6)13-11-12(18)7-8-15(13)20/h7-8,11,14,20H,1-6H3,(H,19,21)/t14-/m1/s1. The molecule has 1 aromatic carbocycles. The highest BCUT2D eigenvalue weighted by molar-refractivity contribution is 6.83. The molecule has 0 bridgehead atoms. The number of rotatable bonds is 2. The molecule has 0 aliphatic heterocycles. The molecule has 0 unspecified atom stereocenters. The van der Waals surface area contributed by atoms with Gasteiger partial charge in [0.05, 0.1) is 0 Å². The minimum atomic E-state index is -1.71. The van der Waals surface area contributed by atoms with Crippen LogP contribution in [0.25, 0.3) is 0 Å². The molecule has 1 rings (SSSR count). The van der Waals surface area contributed by atoms with Gasteiger partial charge in [-0.25, -0.2) is 9.18 Å². The van der Waals surface area contributed by atoms with E-state index in [0.717, 1.165) is 12.1 Å². The molecular weight excluding hydrogens is 313 g/mol. The number of halogens is 1. The molecule has 23 heavy (non-hydrogen) atoms. The van der Waals surface area contributed by atoms with Gasteiger partial charge in [0.15, 0.2) is 0 Å². The molecule has 0 spiro atoms. The molecule has 0 heterocycles. The Hall–Kier alpha value is -2.00. The van der Waals surface area contributed by atoms with Crippen molar-refractivity contribution >= 4 is 14.2 Å². The van der Waals surface area contributed by atoms with Crippen molar-refractivity contribution < 1.29 is 19.0 Å². The van der Waals surface area contributed by atoms with Gasteiger partial charge in [0.25, 0.3) is 0 Å². The first-order chi connectivity index (χ1) is 10.4. The largest absolute Gasteiger partial charge is 0.508 e. The van der Waals surface area contributed by atoms with E-state index in [2.05, 4.69) is 36.4 Å². The second kappa shape index (κ2) is 7.05. The van der Waals surface area contributed by atoms with Gasteiger partial charge in [0.1, 0.15) is 31.3 Å². The molecule has 0 saturated heterocycles. The minimum Gasteiger partial charge on any atom is -0.508 e. The molecule has 6 heteroatoms. The summed E-state index contributed by atoms with van der Waals surface area (Å²) in [7, 11) is -1.71. The number of aromatic hydroxyl groups is 1. The summed E-state index contributed by atoms with van der Waals surface area (Å²) < 4.78 is 18.7. The fourth-order valence-corrected chi connectivity index (χ4v) is 2.24. The summed E-state index contributed by atoms with van der Waals surface area (Å²) >= 11 is 0. The Kier molecular flexibility index (Phi) is 5.84. The molecule has 0 aliphatic rings. The van der Waals surface area contributed by atoms with Crippen molar-refractivity contribution in [3.63, 3.8) is 0 Å². The first-order valence-corrected chi connectivity index (χ1v) is 10.9. The molecule has 1 aromatic rings. The van der Waals surface area contributed by atoms with Crippen LogP contribution in [0.3, 0.4) is 0 Å². The van der Waals surface area contributed by atoms with Gasteiger partial charge in [-0.3, -0.25) is 0 Å². The van der Waals surface area contributed by atoms with E-state index < -0.39 is 31.6 Å². The molecule has 0 radical (unpaired) electrons. The number of amides is 1. The van der Waals surface area contributed by atoms with Gasteiger partial charge in [-0.15, -0.1) is 5.54 Å². The maximum atomic E-state index is 13.5. The van der Waals surface area contributed by atoms with Crippen LogP contribution in [0, 0.1) is 17.3 Å². The van der Waals surface area contributed by atoms with Crippen molar-refractivity contribution in [1.82, 2.24) is 5.32 Å². The first kappa shape index (κ1) is 19.0. The summed E-state index contributed by atoms with van der Waals surface area (Å²) in [6.45, 7) is 11.4. The number of ether oxygens (including phenoxy) is 1. The van der Waals surface area contributed by atoms with E-state index in [-0.39, 0.29) is 11.3 Å². The fourth-order valence-electron chi connectivity index (χ4n) is 1.66. The predicted octanol–water partition coefficient (Wildman–Crippen LogP) is 3.98. The summed E-state index contributed by atoms with van der Waals surface area (Å²) in [5.41, 5.74) is 2.67. The SMILES string of the molecule is CC(C)(C)OC(=O)N[C@H](C#C[Si](C)(C)C)c1cc(F)ccc1O. The highest BCUT2D eigenvalue weighted by Crippen LogP contribution is 2.25. The van der Waals surface area contributed by atoms with E-state index in [1.165, 1.54) is 6.07 Å². The average molecular weight is 337 g/mol. The summed E-state index contributed by atoms with van der Waals surface area (Å²) in [5, 5.41) is 12.6. The molecule has 126 valence electrons. The Morgan fingerprint density at radius 1 is 1.35 bits per heavy atom. The number of carbonyl (C=O) groups excluding carboxylic acids is 1. The quantitative estimate of drug-likeness (QED) is 0.634. The topological polar surface area (TPSA) is 58.6 Å². The van der Waals surface area contributed by atoms with E-state index in [1.807, 2.05) is 0 Å². The number of phenolic OH excluding ortho intramolecular Hbond substituents is 1. The number of nitrogens with one attached hydrogen (secondary N) is 1. The van der Waals surface area contributed by atoms with Gasteiger partial charge >= 0.3 is 6.09 Å². The number of phenols is 1. The lowest BCUT2D eigenvalue weighted by atomic mass is 10.1. The lowest BCUT2D eigenvalue weighted by Crippen LogP contribution is -2.35. The minimum absolute atomic E-state index is 0.127. The Morgan fingerprint density at radius 3 is 2.48 bits per heavy atom. The van der Waals surface area contributed by atoms with Crippen molar-refractivity contribution in [2.24, 2.45) is 0 Å². The van der Waals surface area contributed by atoms with Crippen LogP contribution in [-0.4, -0.2) is 24.9 Å². The molecule has 4 nitrogen and oxygen atoms in total. The van der Waals surface area contributed by atoms with Crippen LogP contribution in [-0.2, 0) is 4.74 Å². The maximum Gasteiger partial charge on any atom is 0.408 e. The third-order valence-electron chi connectivity index (χ3n) is 2.55. The Bertz CT molecular complexity index is 636. The predicted molar refractivity (Wildman–Crippen MR) is 91.3 cm³/mol. The van der Waals surface area contributed by atoms with Gasteiger partial charge in [-0.2, -0.15) is 0 Å². The number of benzene rings is 1. The summed E-state index contributed by atoms with van der Waals surface area (Å²) in [4.78, 5) is 12.0. The number of carbonyl (C=O) groups is 1. The smallest absolute Gasteiger partial charge is 0.408 e. The van der Waals surface area contributed by atoms with Crippen LogP contribution < -0.4 is 5.32 Å². The second-order valence-electron chi connectivity index (χ2n) is 7.30. The van der Waals surface area contributed by atoms with Crippen LogP contribution in [0.15, 0.2) is 18.2 Å². The number of hydrogen-bond acceptors (Lipinski definition) is 3. The highest BCUT2D eigenvalue weighted by Gasteiger charge is 2.22. The monoisotopic (exact) mass is 337 g/mol. The summed E-state index contributed by atoms with van der Waals surface area (Å²) in [6.07, 6.45) is -0.670. The lowest BCUT2D eigenvalue weighted by molar-refractivity contribution is 0.0515. The third-order valence-corrected chi connectivity index (χ3v) is 3.45. The van der Waals surface area contributed by atoms with E-state index in [1.54, 1.807) is 20.8 Å². The lowest BCUT2D eigenvalue weighted by Gasteiger charge is -2.22. The molecule has 1 amide bonds. The van der Waals surface area contributed by atoms with Gasteiger partial charge < -0.3 is 15.2 Å². The van der Waals surface area contributed by atoms with E-state index in [0.29, 0.717) is 0 Å². The van der Waals surface area contributed by atoms with Crippen molar-refractivity contribution in [2.45, 2.75) is 52.1 Å². The summed E-state index contributed by atoms with van der Waals surface area (Å²) in [6, 6.07) is 2.71. The zero-order valence-corrected chi connectivity index (χ0v) is 15.5. The molecule has 1 atom stereocenters. The normalized spacial score (nSPS) is 12.8. The second-order valence-corrected chi connectivity index (χ2v) is 12.1. The van der Waals surface area contributed by atoms with Crippen LogP contribution in [0.2, 0.25) is 19.6 Å². The fraction of sp³-hybridized carbons (Fsp3) is 0.471. The van der Waals surface area contributed by atoms with E-state index >= 15 is 0 Å². The molecule has 0 aromatic heterocycles. The molecule has 0 fully saturated rings. The van der Waals surface area contributed by atoms with Gasteiger partial charge in [0, 0.05) is 5.56 Å². The number of hydrogen-bond donors (Lipinski definition) is 2. The van der Waals surface area contributed by atoms with Gasteiger partial charge in [0.2, 0.25) is 0 Å². The van der Waals surface area contributed by atoms with Crippen LogP contribution in [0.4, 0.5) is 9.18 Å². The van der Waals surface area contributed by atoms with Crippen molar-refractivity contribution in [1.29, 1.82) is 0 Å². The Labute approximate surface area is 138 Å². The van der Waals surface area contributed by atoms with E-state index in [9.17, 15) is 14.3 Å². The zero-order valence-electron chi connectivity index (χ0n) is 14.5. The molecule has 0 saturated carbocycles. The van der Waals surface area contributed by atoms with Crippen molar-refractivity contribution in [3.05, 3.63) is 29.6 Å². The average Bonchev–Trinajstić information content (AvgIpc) is 2.34. The maximum absolute atomic E-state index is 13.5. The first-order valence-electron chi connectivity index (χ1n) is 7.38. The van der Waals surface area contributed by atoms with Crippen molar-refractivity contribution in [2.75, 3.05) is 0 Å².